The number of nitrogens with zero attached hydrogens (tertiary/aromatic N) is 4. The van der Waals surface area contributed by atoms with Gasteiger partial charge in [-0.05, 0) is 31.2 Å². The topological polar surface area (TPSA) is 135 Å². The lowest BCUT2D eigenvalue weighted by atomic mass is 10.0. The summed E-state index contributed by atoms with van der Waals surface area (Å²) in [6, 6.07) is 17.1. The third-order valence-corrected chi connectivity index (χ3v) is 6.70. The quantitative estimate of drug-likeness (QED) is 0.271. The predicted molar refractivity (Wildman–Crippen MR) is 138 cm³/mol. The van der Waals surface area contributed by atoms with E-state index in [-0.39, 0.29) is 12.4 Å². The van der Waals surface area contributed by atoms with E-state index in [1.54, 1.807) is 12.1 Å². The highest BCUT2D eigenvalue weighted by Gasteiger charge is 2.28. The first-order chi connectivity index (χ1) is 18.5. The molecule has 0 radical (unpaired) electrons. The molecule has 0 spiro atoms. The molecular formula is C28H30N4O6. The van der Waals surface area contributed by atoms with Crippen LogP contribution in [0, 0.1) is 0 Å². The summed E-state index contributed by atoms with van der Waals surface area (Å²) >= 11 is 0. The lowest BCUT2D eigenvalue weighted by Gasteiger charge is -2.35. The summed E-state index contributed by atoms with van der Waals surface area (Å²) < 4.78 is 16.2. The SMILES string of the molecule is CCCc1c(-c2nc(-c3ccc(C(O)CN4CCCCC4OC(=O)O)cc3)no2)noc1-c1ccccc1. The second-order valence-electron chi connectivity index (χ2n) is 9.34. The lowest BCUT2D eigenvalue weighted by Crippen LogP contribution is -2.44. The summed E-state index contributed by atoms with van der Waals surface area (Å²) in [5.41, 5.74) is 3.83. The second kappa shape index (κ2) is 11.6. The molecule has 2 atom stereocenters. The normalized spacial score (nSPS) is 16.8. The van der Waals surface area contributed by atoms with E-state index in [1.807, 2.05) is 47.4 Å². The summed E-state index contributed by atoms with van der Waals surface area (Å²) in [5, 5.41) is 28.2. The number of carbonyl (C=O) groups is 1. The first kappa shape index (κ1) is 25.6. The van der Waals surface area contributed by atoms with E-state index in [0.29, 0.717) is 35.8 Å². The van der Waals surface area contributed by atoms with Crippen LogP contribution in [0.4, 0.5) is 4.79 Å². The Morgan fingerprint density at radius 1 is 1.08 bits per heavy atom. The number of likely N-dealkylation sites (tertiary alicyclic amines) is 1. The minimum Gasteiger partial charge on any atom is -0.450 e. The third-order valence-electron chi connectivity index (χ3n) is 6.70. The van der Waals surface area contributed by atoms with Crippen molar-refractivity contribution >= 4 is 6.16 Å². The molecule has 1 fully saturated rings. The number of aromatic nitrogens is 3. The first-order valence-electron chi connectivity index (χ1n) is 12.8. The molecule has 0 amide bonds. The molecule has 2 N–H and O–H groups in total. The number of piperidine rings is 1. The molecule has 0 bridgehead atoms. The average Bonchev–Trinajstić information content (AvgIpc) is 3.58. The van der Waals surface area contributed by atoms with Crippen molar-refractivity contribution in [3.63, 3.8) is 0 Å². The lowest BCUT2D eigenvalue weighted by molar-refractivity contribution is -0.0696. The first-order valence-corrected chi connectivity index (χ1v) is 12.8. The Bertz CT molecular complexity index is 1350. The molecule has 0 aliphatic carbocycles. The van der Waals surface area contributed by atoms with Crippen molar-refractivity contribution < 1.29 is 28.8 Å². The zero-order chi connectivity index (χ0) is 26.5. The van der Waals surface area contributed by atoms with Crippen LogP contribution in [-0.4, -0.2) is 55.9 Å². The van der Waals surface area contributed by atoms with Gasteiger partial charge in [0.05, 0.1) is 6.10 Å². The smallest absolute Gasteiger partial charge is 0.450 e. The Balaban J connectivity index is 1.31. The maximum Gasteiger partial charge on any atom is 0.507 e. The van der Waals surface area contributed by atoms with Crippen molar-refractivity contribution in [2.45, 2.75) is 51.4 Å². The van der Waals surface area contributed by atoms with Gasteiger partial charge in [0.1, 0.15) is 0 Å². The van der Waals surface area contributed by atoms with Crippen molar-refractivity contribution in [3.05, 3.63) is 65.7 Å². The van der Waals surface area contributed by atoms with Gasteiger partial charge < -0.3 is 24.0 Å². The number of ether oxygens (including phenoxy) is 1. The number of carboxylic acid groups (broad SMARTS) is 1. The van der Waals surface area contributed by atoms with Crippen LogP contribution >= 0.6 is 0 Å². The van der Waals surface area contributed by atoms with E-state index in [1.165, 1.54) is 0 Å². The van der Waals surface area contributed by atoms with E-state index in [9.17, 15) is 9.90 Å². The summed E-state index contributed by atoms with van der Waals surface area (Å²) in [7, 11) is 0. The van der Waals surface area contributed by atoms with Crippen LogP contribution < -0.4 is 0 Å². The summed E-state index contributed by atoms with van der Waals surface area (Å²) in [4.78, 5) is 17.4. The van der Waals surface area contributed by atoms with Crippen molar-refractivity contribution in [3.8, 4) is 34.3 Å². The molecular weight excluding hydrogens is 488 g/mol. The Labute approximate surface area is 219 Å². The van der Waals surface area contributed by atoms with Gasteiger partial charge in [0.25, 0.3) is 5.89 Å². The van der Waals surface area contributed by atoms with Gasteiger partial charge in [-0.2, -0.15) is 4.98 Å². The highest BCUT2D eigenvalue weighted by molar-refractivity contribution is 5.69. The summed E-state index contributed by atoms with van der Waals surface area (Å²) in [6.07, 6.45) is 1.47. The number of rotatable bonds is 9. The van der Waals surface area contributed by atoms with Gasteiger partial charge in [-0.1, -0.05) is 78.3 Å². The number of aliphatic hydroxyl groups excluding tert-OH is 1. The second-order valence-corrected chi connectivity index (χ2v) is 9.34. The monoisotopic (exact) mass is 518 g/mol. The zero-order valence-electron chi connectivity index (χ0n) is 21.1. The van der Waals surface area contributed by atoms with Crippen LogP contribution in [0.5, 0.6) is 0 Å². The molecule has 2 unspecified atom stereocenters. The van der Waals surface area contributed by atoms with E-state index >= 15 is 0 Å². The van der Waals surface area contributed by atoms with Crippen molar-refractivity contribution in [1.82, 2.24) is 20.2 Å². The zero-order valence-corrected chi connectivity index (χ0v) is 21.1. The highest BCUT2D eigenvalue weighted by atomic mass is 16.7. The molecule has 38 heavy (non-hydrogen) atoms. The van der Waals surface area contributed by atoms with Gasteiger partial charge in [-0.3, -0.25) is 4.90 Å². The molecule has 0 saturated carbocycles. The Morgan fingerprint density at radius 2 is 1.87 bits per heavy atom. The molecule has 4 aromatic rings. The molecule has 10 heteroatoms. The fraction of sp³-hybridized carbons (Fsp3) is 0.357. The Hall–Kier alpha value is -4.02. The summed E-state index contributed by atoms with van der Waals surface area (Å²) in [6.45, 7) is 3.04. The average molecular weight is 519 g/mol. The number of hydrogen-bond acceptors (Lipinski definition) is 9. The van der Waals surface area contributed by atoms with Gasteiger partial charge in [0, 0.05) is 29.8 Å². The van der Waals surface area contributed by atoms with Crippen LogP contribution in [0.2, 0.25) is 0 Å². The van der Waals surface area contributed by atoms with Gasteiger partial charge in [-0.15, -0.1) is 0 Å². The van der Waals surface area contributed by atoms with E-state index in [4.69, 9.17) is 18.9 Å². The van der Waals surface area contributed by atoms with Gasteiger partial charge in [-0.25, -0.2) is 4.79 Å². The molecule has 1 aliphatic rings. The maximum absolute atomic E-state index is 11.0. The number of β-amino-alcohol motifs (C(OH)–C–C–N with tert-alkyl or cyclic N) is 1. The Morgan fingerprint density at radius 3 is 2.61 bits per heavy atom. The van der Waals surface area contributed by atoms with E-state index < -0.39 is 18.5 Å². The van der Waals surface area contributed by atoms with Crippen molar-refractivity contribution in [2.24, 2.45) is 0 Å². The molecule has 10 nitrogen and oxygen atoms in total. The van der Waals surface area contributed by atoms with Gasteiger partial charge >= 0.3 is 6.16 Å². The van der Waals surface area contributed by atoms with E-state index in [0.717, 1.165) is 42.4 Å². The minimum atomic E-state index is -1.30. The number of aliphatic hydroxyl groups is 1. The van der Waals surface area contributed by atoms with E-state index in [2.05, 4.69) is 22.2 Å². The van der Waals surface area contributed by atoms with Gasteiger partial charge in [0.15, 0.2) is 17.7 Å². The number of hydrogen-bond donors (Lipinski definition) is 2. The molecule has 1 aliphatic heterocycles. The molecule has 2 aromatic carbocycles. The predicted octanol–water partition coefficient (Wildman–Crippen LogP) is 5.55. The molecule has 198 valence electrons. The largest absolute Gasteiger partial charge is 0.507 e. The Kier molecular flexibility index (Phi) is 7.81. The standard InChI is InChI=1S/C28H30N4O6/c1-2-8-21-24(30-37-25(21)19-9-4-3-5-10-19)27-29-26(31-38-27)20-14-12-18(13-15-20)22(33)17-32-16-7-6-11-23(32)36-28(34)35/h3-5,9-10,12-15,22-23,33H,2,6-8,11,16-17H2,1H3,(H,34,35). The fourth-order valence-electron chi connectivity index (χ4n) is 4.81. The molecule has 5 rings (SSSR count). The van der Waals surface area contributed by atoms with Gasteiger partial charge in [0.2, 0.25) is 5.82 Å². The third kappa shape index (κ3) is 5.61. The fourth-order valence-corrected chi connectivity index (χ4v) is 4.81. The van der Waals surface area contributed by atoms with Crippen LogP contribution in [0.1, 0.15) is 49.8 Å². The summed E-state index contributed by atoms with van der Waals surface area (Å²) in [5.74, 6) is 1.39. The van der Waals surface area contributed by atoms with Crippen LogP contribution in [0.15, 0.2) is 63.6 Å². The minimum absolute atomic E-state index is 0.278. The molecule has 1 saturated heterocycles. The molecule has 2 aromatic heterocycles. The van der Waals surface area contributed by atoms with Crippen LogP contribution in [-0.2, 0) is 11.2 Å². The van der Waals surface area contributed by atoms with Crippen molar-refractivity contribution in [2.75, 3.05) is 13.1 Å². The maximum atomic E-state index is 11.0. The highest BCUT2D eigenvalue weighted by Crippen LogP contribution is 2.33. The number of benzene rings is 2. The van der Waals surface area contributed by atoms with Crippen molar-refractivity contribution in [1.29, 1.82) is 0 Å². The van der Waals surface area contributed by atoms with Crippen LogP contribution in [0.25, 0.3) is 34.3 Å². The van der Waals surface area contributed by atoms with Crippen LogP contribution in [0.3, 0.4) is 0 Å². The molecule has 3 heterocycles.